The van der Waals surface area contributed by atoms with Crippen molar-refractivity contribution in [2.45, 2.75) is 18.4 Å². The highest BCUT2D eigenvalue weighted by molar-refractivity contribution is 5.29. The normalized spacial score (nSPS) is 37.9. The van der Waals surface area contributed by atoms with Crippen molar-refractivity contribution in [3.63, 3.8) is 0 Å². The molecule has 0 aromatic carbocycles. The minimum absolute atomic E-state index is 0.280. The van der Waals surface area contributed by atoms with Crippen LogP contribution in [-0.4, -0.2) is 18.4 Å². The predicted octanol–water partition coefficient (Wildman–Crippen LogP) is 2.45. The van der Waals surface area contributed by atoms with E-state index in [1.165, 1.54) is 0 Å². The Morgan fingerprint density at radius 3 is 1.74 bits per heavy atom. The maximum Gasteiger partial charge on any atom is 0.511 e. The zero-order valence-electron chi connectivity index (χ0n) is 10.1. The topological polar surface area (TPSA) is 36.9 Å². The summed E-state index contributed by atoms with van der Waals surface area (Å²) < 4.78 is 23.0. The van der Waals surface area contributed by atoms with Crippen molar-refractivity contribution in [3.05, 3.63) is 72.3 Å². The first kappa shape index (κ1) is 10.8. The molecule has 4 heteroatoms. The third kappa shape index (κ3) is 1.77. The summed E-state index contributed by atoms with van der Waals surface area (Å²) in [5, 5.41) is 0. The molecule has 96 valence electrons. The Labute approximate surface area is 110 Å². The van der Waals surface area contributed by atoms with Crippen LogP contribution in [0, 0.1) is 0 Å². The number of allylic oxidation sites excluding steroid dienone is 8. The summed E-state index contributed by atoms with van der Waals surface area (Å²) in [5.41, 5.74) is 0. The van der Waals surface area contributed by atoms with Gasteiger partial charge >= 0.3 is 6.16 Å². The molecule has 2 atom stereocenters. The van der Waals surface area contributed by atoms with Gasteiger partial charge in [-0.2, -0.15) is 0 Å². The molecule has 2 aliphatic heterocycles. The summed E-state index contributed by atoms with van der Waals surface area (Å²) >= 11 is 0. The Morgan fingerprint density at radius 1 is 0.684 bits per heavy atom. The third-order valence-corrected chi connectivity index (χ3v) is 3.13. The molecule has 2 fully saturated rings. The lowest BCUT2D eigenvalue weighted by atomic mass is 10.3. The summed E-state index contributed by atoms with van der Waals surface area (Å²) in [6.07, 6.45) is 16.9. The van der Waals surface area contributed by atoms with Crippen molar-refractivity contribution in [2.24, 2.45) is 0 Å². The first-order chi connectivity index (χ1) is 9.35. The first-order valence-corrected chi connectivity index (χ1v) is 6.18. The molecule has 2 saturated heterocycles. The van der Waals surface area contributed by atoms with Gasteiger partial charge in [0.05, 0.1) is 0 Å². The standard InChI is InChI=1S/C15H12O4/c1-3-7-11-12(8-4-1)17-15(16-11)18-13-9-5-2-6-10-14(13)19-15/h1-11,13H. The van der Waals surface area contributed by atoms with E-state index in [2.05, 4.69) is 0 Å². The van der Waals surface area contributed by atoms with Crippen molar-refractivity contribution >= 4 is 0 Å². The van der Waals surface area contributed by atoms with Crippen molar-refractivity contribution in [2.75, 3.05) is 0 Å². The number of rotatable bonds is 0. The average Bonchev–Trinajstić information content (AvgIpc) is 2.70. The zero-order valence-corrected chi connectivity index (χ0v) is 10.1. The quantitative estimate of drug-likeness (QED) is 0.667. The lowest BCUT2D eigenvalue weighted by Gasteiger charge is -2.18. The van der Waals surface area contributed by atoms with Crippen LogP contribution in [0.25, 0.3) is 0 Å². The molecular weight excluding hydrogens is 244 g/mol. The van der Waals surface area contributed by atoms with Crippen LogP contribution < -0.4 is 0 Å². The van der Waals surface area contributed by atoms with Crippen LogP contribution in [0.3, 0.4) is 0 Å². The van der Waals surface area contributed by atoms with Crippen molar-refractivity contribution in [1.82, 2.24) is 0 Å². The van der Waals surface area contributed by atoms with E-state index in [1.807, 2.05) is 60.8 Å². The van der Waals surface area contributed by atoms with E-state index in [0.717, 1.165) is 0 Å². The summed E-state index contributed by atoms with van der Waals surface area (Å²) in [6.45, 7) is 0. The highest BCUT2D eigenvalue weighted by atomic mass is 17.1. The fraction of sp³-hybridized carbons (Fsp3) is 0.200. The number of ether oxygens (including phenoxy) is 4. The Kier molecular flexibility index (Phi) is 2.27. The molecule has 0 radical (unpaired) electrons. The van der Waals surface area contributed by atoms with Crippen LogP contribution in [0.5, 0.6) is 0 Å². The van der Waals surface area contributed by atoms with E-state index in [0.29, 0.717) is 11.5 Å². The van der Waals surface area contributed by atoms with E-state index in [4.69, 9.17) is 18.9 Å². The van der Waals surface area contributed by atoms with Gasteiger partial charge in [0.1, 0.15) is 23.7 Å². The first-order valence-electron chi connectivity index (χ1n) is 6.18. The van der Waals surface area contributed by atoms with E-state index in [1.54, 1.807) is 0 Å². The van der Waals surface area contributed by atoms with Crippen molar-refractivity contribution in [3.8, 4) is 0 Å². The molecule has 0 N–H and O–H groups in total. The van der Waals surface area contributed by atoms with Crippen LogP contribution in [-0.2, 0) is 18.9 Å². The Balaban J connectivity index is 1.64. The average molecular weight is 256 g/mol. The van der Waals surface area contributed by atoms with E-state index < -0.39 is 6.16 Å². The largest absolute Gasteiger partial charge is 0.511 e. The number of hydrogen-bond acceptors (Lipinski definition) is 4. The van der Waals surface area contributed by atoms with E-state index in [-0.39, 0.29) is 12.2 Å². The van der Waals surface area contributed by atoms with Gasteiger partial charge in [-0.05, 0) is 24.3 Å². The Morgan fingerprint density at radius 2 is 1.21 bits per heavy atom. The van der Waals surface area contributed by atoms with Crippen LogP contribution in [0.15, 0.2) is 72.3 Å². The van der Waals surface area contributed by atoms with Gasteiger partial charge < -0.3 is 9.47 Å². The third-order valence-electron chi connectivity index (χ3n) is 3.13. The lowest BCUT2D eigenvalue weighted by Crippen LogP contribution is -2.32. The van der Waals surface area contributed by atoms with Gasteiger partial charge in [-0.15, -0.1) is 0 Å². The summed E-state index contributed by atoms with van der Waals surface area (Å²) in [7, 11) is 0. The lowest BCUT2D eigenvalue weighted by molar-refractivity contribution is -0.419. The van der Waals surface area contributed by atoms with E-state index >= 15 is 0 Å². The van der Waals surface area contributed by atoms with Gasteiger partial charge in [0.25, 0.3) is 0 Å². The summed E-state index contributed by atoms with van der Waals surface area (Å²) in [4.78, 5) is 0. The van der Waals surface area contributed by atoms with Gasteiger partial charge in [-0.25, -0.2) is 0 Å². The Hall–Kier alpha value is -2.04. The highest BCUT2D eigenvalue weighted by Crippen LogP contribution is 2.43. The second kappa shape index (κ2) is 3.98. The zero-order chi connectivity index (χ0) is 12.7. The fourth-order valence-electron chi connectivity index (χ4n) is 2.26. The molecule has 2 heterocycles. The van der Waals surface area contributed by atoms with Crippen LogP contribution >= 0.6 is 0 Å². The van der Waals surface area contributed by atoms with Crippen LogP contribution in [0.4, 0.5) is 0 Å². The molecule has 1 spiro atoms. The molecule has 2 unspecified atom stereocenters. The van der Waals surface area contributed by atoms with Gasteiger partial charge in [0.15, 0.2) is 0 Å². The van der Waals surface area contributed by atoms with Gasteiger partial charge in [0, 0.05) is 0 Å². The predicted molar refractivity (Wildman–Crippen MR) is 67.4 cm³/mol. The maximum atomic E-state index is 5.77. The second-order valence-electron chi connectivity index (χ2n) is 4.46. The molecule has 4 rings (SSSR count). The molecular formula is C15H12O4. The van der Waals surface area contributed by atoms with Crippen molar-refractivity contribution < 1.29 is 18.9 Å². The second-order valence-corrected chi connectivity index (χ2v) is 4.46. The van der Waals surface area contributed by atoms with Gasteiger partial charge in [0.2, 0.25) is 0 Å². The molecule has 0 saturated carbocycles. The molecule has 0 aromatic rings. The SMILES string of the molecule is C1=CC=C2OC3(OC4=CC=CC=CC4O3)OC2C=C1. The molecule has 0 aromatic heterocycles. The van der Waals surface area contributed by atoms with Gasteiger partial charge in [-0.1, -0.05) is 36.5 Å². The smallest absolute Gasteiger partial charge is 0.408 e. The summed E-state index contributed by atoms with van der Waals surface area (Å²) in [5.74, 6) is 1.36. The number of fused-ring (bicyclic) bond motifs is 2. The minimum atomic E-state index is -1.46. The fourth-order valence-corrected chi connectivity index (χ4v) is 2.26. The van der Waals surface area contributed by atoms with Crippen LogP contribution in [0.1, 0.15) is 0 Å². The minimum Gasteiger partial charge on any atom is -0.408 e. The number of hydrogen-bond donors (Lipinski definition) is 0. The highest BCUT2D eigenvalue weighted by Gasteiger charge is 2.56. The molecule has 2 aliphatic carbocycles. The molecule has 0 amide bonds. The molecule has 19 heavy (non-hydrogen) atoms. The molecule has 4 aliphatic rings. The summed E-state index contributed by atoms with van der Waals surface area (Å²) in [6, 6.07) is 0. The molecule has 0 bridgehead atoms. The monoisotopic (exact) mass is 256 g/mol. The maximum absolute atomic E-state index is 5.77. The van der Waals surface area contributed by atoms with Gasteiger partial charge in [-0.3, -0.25) is 9.47 Å². The van der Waals surface area contributed by atoms with E-state index in [9.17, 15) is 0 Å². The van der Waals surface area contributed by atoms with Crippen molar-refractivity contribution in [1.29, 1.82) is 0 Å². The Bertz CT molecular complexity index is 525. The van der Waals surface area contributed by atoms with Crippen LogP contribution in [0.2, 0.25) is 0 Å². The molecule has 4 nitrogen and oxygen atoms in total.